The van der Waals surface area contributed by atoms with Crippen LogP contribution in [0.15, 0.2) is 24.3 Å². The minimum absolute atomic E-state index is 0.0971. The lowest BCUT2D eigenvalue weighted by molar-refractivity contribution is 0.158. The number of hydrogen-bond acceptors (Lipinski definition) is 2. The van der Waals surface area contributed by atoms with Crippen LogP contribution in [0.4, 0.5) is 4.39 Å². The lowest BCUT2D eigenvalue weighted by Gasteiger charge is -2.11. The minimum atomic E-state index is -1.11. The Labute approximate surface area is 81.5 Å². The predicted molar refractivity (Wildman–Crippen MR) is 52.5 cm³/mol. The first-order chi connectivity index (χ1) is 6.70. The van der Waals surface area contributed by atoms with Crippen molar-refractivity contribution >= 4 is 11.0 Å². The van der Waals surface area contributed by atoms with E-state index in [9.17, 15) is 4.39 Å². The van der Waals surface area contributed by atoms with Crippen molar-refractivity contribution in [2.45, 2.75) is 20.1 Å². The number of nitrogens with zero attached hydrogens (tertiary/aromatic N) is 3. The first-order valence-electron chi connectivity index (χ1n) is 4.64. The van der Waals surface area contributed by atoms with Gasteiger partial charge in [0, 0.05) is 5.92 Å². The SMILES string of the molecule is CC(C)C(F)n1nnc2ccccc21. The van der Waals surface area contributed by atoms with E-state index in [4.69, 9.17) is 0 Å². The first kappa shape index (κ1) is 9.12. The molecule has 1 heterocycles. The van der Waals surface area contributed by atoms with Crippen LogP contribution in [0.5, 0.6) is 0 Å². The van der Waals surface area contributed by atoms with Crippen molar-refractivity contribution in [1.82, 2.24) is 15.0 Å². The molecule has 0 fully saturated rings. The van der Waals surface area contributed by atoms with Gasteiger partial charge in [0.15, 0.2) is 6.30 Å². The Morgan fingerprint density at radius 1 is 1.29 bits per heavy atom. The Morgan fingerprint density at radius 3 is 2.71 bits per heavy atom. The standard InChI is InChI=1S/C10H12FN3/c1-7(2)10(11)14-9-6-4-3-5-8(9)12-13-14/h3-7,10H,1-2H3. The van der Waals surface area contributed by atoms with E-state index in [2.05, 4.69) is 10.3 Å². The van der Waals surface area contributed by atoms with Crippen LogP contribution in [-0.4, -0.2) is 15.0 Å². The number of benzene rings is 1. The normalized spacial score (nSPS) is 13.7. The highest BCUT2D eigenvalue weighted by Gasteiger charge is 2.17. The molecule has 1 atom stereocenters. The molecule has 0 saturated carbocycles. The van der Waals surface area contributed by atoms with Gasteiger partial charge < -0.3 is 0 Å². The summed E-state index contributed by atoms with van der Waals surface area (Å²) in [4.78, 5) is 0. The maximum Gasteiger partial charge on any atom is 0.196 e. The van der Waals surface area contributed by atoms with E-state index in [0.717, 1.165) is 11.0 Å². The Balaban J connectivity index is 2.53. The predicted octanol–water partition coefficient (Wildman–Crippen LogP) is 2.56. The molecule has 0 aliphatic carbocycles. The first-order valence-corrected chi connectivity index (χ1v) is 4.64. The Kier molecular flexibility index (Phi) is 2.19. The van der Waals surface area contributed by atoms with Crippen molar-refractivity contribution in [1.29, 1.82) is 0 Å². The lowest BCUT2D eigenvalue weighted by atomic mass is 10.2. The zero-order valence-electron chi connectivity index (χ0n) is 8.18. The fraction of sp³-hybridized carbons (Fsp3) is 0.400. The minimum Gasteiger partial charge on any atom is -0.221 e. The number of halogens is 1. The van der Waals surface area contributed by atoms with Crippen LogP contribution in [0.1, 0.15) is 20.1 Å². The summed E-state index contributed by atoms with van der Waals surface area (Å²) in [5.41, 5.74) is 1.48. The maximum absolute atomic E-state index is 13.7. The fourth-order valence-electron chi connectivity index (χ4n) is 1.35. The summed E-state index contributed by atoms with van der Waals surface area (Å²) in [7, 11) is 0. The fourth-order valence-corrected chi connectivity index (χ4v) is 1.35. The quantitative estimate of drug-likeness (QED) is 0.733. The van der Waals surface area contributed by atoms with E-state index in [0.29, 0.717) is 0 Å². The molecule has 1 aromatic carbocycles. The second kappa shape index (κ2) is 3.36. The summed E-state index contributed by atoms with van der Waals surface area (Å²) in [6.07, 6.45) is -1.11. The summed E-state index contributed by atoms with van der Waals surface area (Å²) >= 11 is 0. The number of fused-ring (bicyclic) bond motifs is 1. The summed E-state index contributed by atoms with van der Waals surface area (Å²) in [6.45, 7) is 3.64. The van der Waals surface area contributed by atoms with E-state index in [-0.39, 0.29) is 5.92 Å². The van der Waals surface area contributed by atoms with Crippen LogP contribution in [0.3, 0.4) is 0 Å². The molecule has 1 aromatic heterocycles. The second-order valence-corrected chi connectivity index (χ2v) is 3.64. The molecular weight excluding hydrogens is 181 g/mol. The van der Waals surface area contributed by atoms with Gasteiger partial charge in [0.1, 0.15) is 5.52 Å². The molecule has 74 valence electrons. The smallest absolute Gasteiger partial charge is 0.196 e. The molecule has 0 N–H and O–H groups in total. The highest BCUT2D eigenvalue weighted by Crippen LogP contribution is 2.22. The van der Waals surface area contributed by atoms with Gasteiger partial charge in [0.2, 0.25) is 0 Å². The monoisotopic (exact) mass is 193 g/mol. The number of para-hydroxylation sites is 1. The van der Waals surface area contributed by atoms with Crippen LogP contribution in [0.2, 0.25) is 0 Å². The largest absolute Gasteiger partial charge is 0.221 e. The van der Waals surface area contributed by atoms with Gasteiger partial charge in [0.05, 0.1) is 5.52 Å². The van der Waals surface area contributed by atoms with Gasteiger partial charge in [-0.15, -0.1) is 5.10 Å². The number of aromatic nitrogens is 3. The van der Waals surface area contributed by atoms with Crippen LogP contribution >= 0.6 is 0 Å². The Morgan fingerprint density at radius 2 is 2.00 bits per heavy atom. The van der Waals surface area contributed by atoms with Crippen LogP contribution in [0.25, 0.3) is 11.0 Å². The van der Waals surface area contributed by atoms with Gasteiger partial charge in [0.25, 0.3) is 0 Å². The highest BCUT2D eigenvalue weighted by atomic mass is 19.1. The van der Waals surface area contributed by atoms with Crippen molar-refractivity contribution in [2.24, 2.45) is 5.92 Å². The number of hydrogen-bond donors (Lipinski definition) is 0. The zero-order valence-corrected chi connectivity index (χ0v) is 8.18. The van der Waals surface area contributed by atoms with Crippen molar-refractivity contribution in [3.8, 4) is 0 Å². The van der Waals surface area contributed by atoms with Crippen molar-refractivity contribution in [3.63, 3.8) is 0 Å². The third-order valence-electron chi connectivity index (χ3n) is 2.16. The number of alkyl halides is 1. The molecule has 0 aliphatic heterocycles. The van der Waals surface area contributed by atoms with Crippen LogP contribution in [0, 0.1) is 5.92 Å². The van der Waals surface area contributed by atoms with Crippen LogP contribution < -0.4 is 0 Å². The molecule has 4 heteroatoms. The topological polar surface area (TPSA) is 30.7 Å². The molecule has 2 aromatic rings. The van der Waals surface area contributed by atoms with E-state index >= 15 is 0 Å². The molecule has 0 saturated heterocycles. The van der Waals surface area contributed by atoms with E-state index in [1.54, 1.807) is 0 Å². The third kappa shape index (κ3) is 1.36. The summed E-state index contributed by atoms with van der Waals surface area (Å²) < 4.78 is 15.0. The third-order valence-corrected chi connectivity index (χ3v) is 2.16. The van der Waals surface area contributed by atoms with Gasteiger partial charge in [-0.3, -0.25) is 0 Å². The lowest BCUT2D eigenvalue weighted by Crippen LogP contribution is -2.11. The van der Waals surface area contributed by atoms with Gasteiger partial charge in [-0.1, -0.05) is 31.2 Å². The highest BCUT2D eigenvalue weighted by molar-refractivity contribution is 5.73. The second-order valence-electron chi connectivity index (χ2n) is 3.64. The van der Waals surface area contributed by atoms with Crippen molar-refractivity contribution < 1.29 is 4.39 Å². The molecule has 0 radical (unpaired) electrons. The number of rotatable bonds is 2. The average molecular weight is 193 g/mol. The average Bonchev–Trinajstić information content (AvgIpc) is 2.60. The molecule has 3 nitrogen and oxygen atoms in total. The molecule has 2 rings (SSSR count). The molecule has 0 spiro atoms. The van der Waals surface area contributed by atoms with E-state index in [1.165, 1.54) is 4.68 Å². The van der Waals surface area contributed by atoms with Crippen molar-refractivity contribution in [2.75, 3.05) is 0 Å². The van der Waals surface area contributed by atoms with E-state index < -0.39 is 6.30 Å². The molecule has 0 bridgehead atoms. The van der Waals surface area contributed by atoms with Gasteiger partial charge >= 0.3 is 0 Å². The van der Waals surface area contributed by atoms with Gasteiger partial charge in [-0.05, 0) is 12.1 Å². The zero-order chi connectivity index (χ0) is 10.1. The van der Waals surface area contributed by atoms with Gasteiger partial charge in [-0.2, -0.15) is 0 Å². The molecule has 14 heavy (non-hydrogen) atoms. The maximum atomic E-state index is 13.7. The molecule has 0 aliphatic rings. The Bertz CT molecular complexity index is 436. The van der Waals surface area contributed by atoms with Crippen molar-refractivity contribution in [3.05, 3.63) is 24.3 Å². The van der Waals surface area contributed by atoms with Gasteiger partial charge in [-0.25, -0.2) is 9.07 Å². The summed E-state index contributed by atoms with van der Waals surface area (Å²) in [6, 6.07) is 7.37. The molecular formula is C10H12FN3. The Hall–Kier alpha value is -1.45. The molecule has 1 unspecified atom stereocenters. The van der Waals surface area contributed by atoms with Crippen LogP contribution in [-0.2, 0) is 0 Å². The van der Waals surface area contributed by atoms with E-state index in [1.807, 2.05) is 38.1 Å². The molecule has 0 amide bonds. The summed E-state index contributed by atoms with van der Waals surface area (Å²) in [5.74, 6) is -0.0971. The summed E-state index contributed by atoms with van der Waals surface area (Å²) in [5, 5.41) is 7.70.